The largest absolute Gasteiger partial charge is 0.370 e. The van der Waals surface area contributed by atoms with E-state index in [1.54, 1.807) is 0 Å². The SMILES string of the molecule is CC1(C)CO1.ClCCCl. The van der Waals surface area contributed by atoms with Gasteiger partial charge >= 0.3 is 0 Å². The van der Waals surface area contributed by atoms with Gasteiger partial charge in [0.05, 0.1) is 12.2 Å². The fourth-order valence-corrected chi connectivity index (χ4v) is 0.144. The molecule has 1 nitrogen and oxygen atoms in total. The van der Waals surface area contributed by atoms with E-state index in [9.17, 15) is 0 Å². The minimum absolute atomic E-state index is 0.250. The van der Waals surface area contributed by atoms with Crippen molar-refractivity contribution >= 4 is 23.2 Å². The summed E-state index contributed by atoms with van der Waals surface area (Å²) in [6.07, 6.45) is 0. The van der Waals surface area contributed by atoms with E-state index in [4.69, 9.17) is 27.9 Å². The quantitative estimate of drug-likeness (QED) is 0.435. The van der Waals surface area contributed by atoms with Crippen molar-refractivity contribution in [1.29, 1.82) is 0 Å². The van der Waals surface area contributed by atoms with Crippen LogP contribution < -0.4 is 0 Å². The van der Waals surface area contributed by atoms with Gasteiger partial charge in [0, 0.05) is 11.8 Å². The first-order valence-electron chi connectivity index (χ1n) is 2.88. The number of ether oxygens (including phenoxy) is 1. The monoisotopic (exact) mass is 170 g/mol. The molecule has 1 aliphatic rings. The number of epoxide rings is 1. The van der Waals surface area contributed by atoms with Crippen molar-refractivity contribution in [2.75, 3.05) is 18.4 Å². The molecule has 1 aliphatic heterocycles. The van der Waals surface area contributed by atoms with E-state index in [1.165, 1.54) is 0 Å². The van der Waals surface area contributed by atoms with Gasteiger partial charge in [-0.15, -0.1) is 23.2 Å². The maximum atomic E-state index is 5.05. The maximum absolute atomic E-state index is 5.05. The zero-order valence-electron chi connectivity index (χ0n) is 5.79. The highest BCUT2D eigenvalue weighted by Gasteiger charge is 2.32. The molecule has 0 aliphatic carbocycles. The smallest absolute Gasteiger partial charge is 0.0860 e. The lowest BCUT2D eigenvalue weighted by molar-refractivity contribution is 0.344. The van der Waals surface area contributed by atoms with Crippen molar-refractivity contribution < 1.29 is 4.74 Å². The predicted octanol–water partition coefficient (Wildman–Crippen LogP) is 2.26. The van der Waals surface area contributed by atoms with E-state index in [0.717, 1.165) is 6.61 Å². The second-order valence-electron chi connectivity index (χ2n) is 2.43. The summed E-state index contributed by atoms with van der Waals surface area (Å²) in [5.74, 6) is 1.11. The molecule has 0 N–H and O–H groups in total. The van der Waals surface area contributed by atoms with Crippen molar-refractivity contribution in [3.63, 3.8) is 0 Å². The molecule has 0 atom stereocenters. The van der Waals surface area contributed by atoms with Crippen LogP contribution in [-0.4, -0.2) is 24.0 Å². The Balaban J connectivity index is 0.000000148. The Hall–Kier alpha value is 0.540. The van der Waals surface area contributed by atoms with Crippen molar-refractivity contribution in [1.82, 2.24) is 0 Å². The molecular weight excluding hydrogens is 159 g/mol. The molecule has 0 unspecified atom stereocenters. The van der Waals surface area contributed by atoms with Crippen LogP contribution in [0.15, 0.2) is 0 Å². The molecule has 0 radical (unpaired) electrons. The summed E-state index contributed by atoms with van der Waals surface area (Å²) in [6, 6.07) is 0. The molecule has 1 fully saturated rings. The molecule has 56 valence electrons. The first-order valence-corrected chi connectivity index (χ1v) is 3.95. The van der Waals surface area contributed by atoms with Crippen LogP contribution in [-0.2, 0) is 4.74 Å². The Morgan fingerprint density at radius 1 is 1.33 bits per heavy atom. The van der Waals surface area contributed by atoms with Gasteiger partial charge in [0.25, 0.3) is 0 Å². The van der Waals surface area contributed by atoms with Gasteiger partial charge in [-0.25, -0.2) is 0 Å². The van der Waals surface area contributed by atoms with Crippen molar-refractivity contribution in [2.45, 2.75) is 19.4 Å². The van der Waals surface area contributed by atoms with Crippen LogP contribution in [0, 0.1) is 0 Å². The normalized spacial score (nSPS) is 20.0. The lowest BCUT2D eigenvalue weighted by Gasteiger charge is -1.81. The molecule has 0 aromatic carbocycles. The molecule has 9 heavy (non-hydrogen) atoms. The van der Waals surface area contributed by atoms with Crippen LogP contribution in [0.2, 0.25) is 0 Å². The third-order valence-corrected chi connectivity index (χ3v) is 1.36. The van der Waals surface area contributed by atoms with E-state index >= 15 is 0 Å². The standard InChI is InChI=1S/C4H8O.C2H4Cl2/c1-4(2)3-5-4;3-1-2-4/h3H2,1-2H3;1-2H2. The fraction of sp³-hybridized carbons (Fsp3) is 1.00. The summed E-state index contributed by atoms with van der Waals surface area (Å²) in [5.41, 5.74) is 0.250. The third kappa shape index (κ3) is 8.54. The van der Waals surface area contributed by atoms with E-state index in [0.29, 0.717) is 11.8 Å². The average Bonchev–Trinajstić information content (AvgIpc) is 2.47. The molecule has 3 heteroatoms. The fourth-order valence-electron chi connectivity index (χ4n) is 0.144. The highest BCUT2D eigenvalue weighted by molar-refractivity contribution is 6.25. The third-order valence-electron chi connectivity index (χ3n) is 0.793. The van der Waals surface area contributed by atoms with E-state index < -0.39 is 0 Å². The molecule has 1 rings (SSSR count). The molecule has 0 bridgehead atoms. The molecule has 0 saturated carbocycles. The summed E-state index contributed by atoms with van der Waals surface area (Å²) in [4.78, 5) is 0. The molecule has 0 aromatic heterocycles. The van der Waals surface area contributed by atoms with Crippen molar-refractivity contribution in [3.8, 4) is 0 Å². The molecule has 1 heterocycles. The van der Waals surface area contributed by atoms with Gasteiger partial charge in [-0.3, -0.25) is 0 Å². The second-order valence-corrected chi connectivity index (χ2v) is 3.18. The lowest BCUT2D eigenvalue weighted by Crippen LogP contribution is -1.90. The van der Waals surface area contributed by atoms with Crippen molar-refractivity contribution in [3.05, 3.63) is 0 Å². The van der Waals surface area contributed by atoms with Gasteiger partial charge < -0.3 is 4.74 Å². The maximum Gasteiger partial charge on any atom is 0.0860 e. The molecular formula is C6H12Cl2O. The zero-order chi connectivity index (χ0) is 7.33. The summed E-state index contributed by atoms with van der Waals surface area (Å²) >= 11 is 10.1. The summed E-state index contributed by atoms with van der Waals surface area (Å²) in [6.45, 7) is 5.10. The van der Waals surface area contributed by atoms with Crippen LogP contribution in [0.3, 0.4) is 0 Å². The van der Waals surface area contributed by atoms with Gasteiger partial charge in [-0.1, -0.05) is 0 Å². The topological polar surface area (TPSA) is 12.5 Å². The Morgan fingerprint density at radius 2 is 1.56 bits per heavy atom. The Bertz CT molecular complexity index is 65.5. The van der Waals surface area contributed by atoms with Crippen LogP contribution in [0.5, 0.6) is 0 Å². The Kier molecular flexibility index (Phi) is 4.63. The number of alkyl halides is 2. The summed E-state index contributed by atoms with van der Waals surface area (Å²) in [7, 11) is 0. The van der Waals surface area contributed by atoms with Gasteiger partial charge in [0.2, 0.25) is 0 Å². The zero-order valence-corrected chi connectivity index (χ0v) is 7.30. The Morgan fingerprint density at radius 3 is 1.56 bits per heavy atom. The Labute approximate surface area is 66.3 Å². The molecule has 0 spiro atoms. The summed E-state index contributed by atoms with van der Waals surface area (Å²) in [5, 5.41) is 0. The molecule has 0 aromatic rings. The minimum atomic E-state index is 0.250. The molecule has 0 amide bonds. The lowest BCUT2D eigenvalue weighted by atomic mass is 10.3. The van der Waals surface area contributed by atoms with Gasteiger partial charge in [-0.05, 0) is 13.8 Å². The first kappa shape index (κ1) is 9.54. The van der Waals surface area contributed by atoms with Gasteiger partial charge in [-0.2, -0.15) is 0 Å². The number of rotatable bonds is 1. The van der Waals surface area contributed by atoms with E-state index in [-0.39, 0.29) is 5.60 Å². The first-order chi connectivity index (χ1) is 4.12. The van der Waals surface area contributed by atoms with Gasteiger partial charge in [0.15, 0.2) is 0 Å². The highest BCUT2D eigenvalue weighted by atomic mass is 35.5. The van der Waals surface area contributed by atoms with Crippen LogP contribution >= 0.6 is 23.2 Å². The van der Waals surface area contributed by atoms with Crippen molar-refractivity contribution in [2.24, 2.45) is 0 Å². The van der Waals surface area contributed by atoms with Crippen LogP contribution in [0.4, 0.5) is 0 Å². The highest BCUT2D eigenvalue weighted by Crippen LogP contribution is 2.23. The number of hydrogen-bond acceptors (Lipinski definition) is 1. The van der Waals surface area contributed by atoms with Crippen LogP contribution in [0.1, 0.15) is 13.8 Å². The molecule has 1 saturated heterocycles. The van der Waals surface area contributed by atoms with Crippen LogP contribution in [0.25, 0.3) is 0 Å². The second kappa shape index (κ2) is 4.37. The van der Waals surface area contributed by atoms with E-state index in [2.05, 4.69) is 13.8 Å². The van der Waals surface area contributed by atoms with E-state index in [1.807, 2.05) is 0 Å². The predicted molar refractivity (Wildman–Crippen MR) is 41.5 cm³/mol. The number of hydrogen-bond donors (Lipinski definition) is 0. The average molecular weight is 171 g/mol. The minimum Gasteiger partial charge on any atom is -0.370 e. The summed E-state index contributed by atoms with van der Waals surface area (Å²) < 4.78 is 4.90. The number of halogens is 2. The van der Waals surface area contributed by atoms with Gasteiger partial charge in [0.1, 0.15) is 0 Å².